The molecule has 0 bridgehead atoms. The number of aromatic nitrogens is 2. The average molecular weight is 791 g/mol. The molecule has 292 valence electrons. The number of carbonyl (C=O) groups excluding carboxylic acids is 4. The fraction of sp³-hybridized carbons (Fsp3) is 0.690. The Bertz CT molecular complexity index is 1740. The Morgan fingerprint density at radius 1 is 0.981 bits per heavy atom. The van der Waals surface area contributed by atoms with Crippen LogP contribution in [0.1, 0.15) is 52.3 Å². The Kier molecular flexibility index (Phi) is 16.5. The lowest BCUT2D eigenvalue weighted by Gasteiger charge is -2.44. The van der Waals surface area contributed by atoms with Gasteiger partial charge in [0.25, 0.3) is 5.56 Å². The predicted molar refractivity (Wildman–Crippen MR) is 178 cm³/mol. The van der Waals surface area contributed by atoms with Crippen LogP contribution in [-0.4, -0.2) is 108 Å². The summed E-state index contributed by atoms with van der Waals surface area (Å²) in [5, 5.41) is 12.7. The second-order valence-electron chi connectivity index (χ2n) is 11.4. The molecular weight excluding hydrogens is 751 g/mol. The van der Waals surface area contributed by atoms with Gasteiger partial charge in [-0.25, -0.2) is 9.36 Å². The number of esters is 4. The summed E-state index contributed by atoms with van der Waals surface area (Å²) in [5.41, 5.74) is 6.83. The van der Waals surface area contributed by atoms with Gasteiger partial charge in [0.15, 0.2) is 18.3 Å². The molecular formula is C29H39N6O16PS. The molecule has 3 rings (SSSR count). The van der Waals surface area contributed by atoms with E-state index in [0.717, 1.165) is 44.0 Å². The summed E-state index contributed by atoms with van der Waals surface area (Å²) in [7, 11) is -4.47. The molecule has 3 heterocycles. The van der Waals surface area contributed by atoms with Crippen LogP contribution in [-0.2, 0) is 65.7 Å². The van der Waals surface area contributed by atoms with E-state index in [0.29, 0.717) is 0 Å². The number of carbonyl (C=O) groups is 4. The lowest BCUT2D eigenvalue weighted by molar-refractivity contribution is -0.237. The molecule has 1 aromatic rings. The molecule has 53 heavy (non-hydrogen) atoms. The van der Waals surface area contributed by atoms with Gasteiger partial charge in [-0.15, -0.1) is 11.8 Å². The number of phosphoric acid groups is 1. The lowest BCUT2D eigenvalue weighted by Crippen LogP contribution is -2.61. The van der Waals surface area contributed by atoms with Gasteiger partial charge in [-0.2, -0.15) is 5.26 Å². The summed E-state index contributed by atoms with van der Waals surface area (Å²) in [6, 6.07) is 0.921. The van der Waals surface area contributed by atoms with E-state index in [9.17, 15) is 33.3 Å². The zero-order chi connectivity index (χ0) is 39.3. The molecule has 24 heteroatoms. The molecule has 0 aliphatic carbocycles. The average Bonchev–Trinajstić information content (AvgIpc) is 3.47. The summed E-state index contributed by atoms with van der Waals surface area (Å²) in [4.78, 5) is 77.0. The maximum absolute atomic E-state index is 13.7. The highest BCUT2D eigenvalue weighted by Crippen LogP contribution is 2.50. The fourth-order valence-electron chi connectivity index (χ4n) is 5.14. The highest BCUT2D eigenvalue weighted by atomic mass is 32.2. The van der Waals surface area contributed by atoms with Gasteiger partial charge in [-0.3, -0.25) is 47.1 Å². The number of thioether (sulfide) groups is 1. The van der Waals surface area contributed by atoms with E-state index >= 15 is 0 Å². The van der Waals surface area contributed by atoms with Gasteiger partial charge in [0.1, 0.15) is 24.4 Å². The van der Waals surface area contributed by atoms with Crippen molar-refractivity contribution in [2.45, 2.75) is 95.7 Å². The van der Waals surface area contributed by atoms with Crippen molar-refractivity contribution >= 4 is 43.5 Å². The maximum Gasteiger partial charge on any atom is 0.474 e. The zero-order valence-electron chi connectivity index (χ0n) is 29.3. The van der Waals surface area contributed by atoms with E-state index in [-0.39, 0.29) is 37.4 Å². The second kappa shape index (κ2) is 20.3. The third kappa shape index (κ3) is 13.0. The predicted octanol–water partition coefficient (Wildman–Crippen LogP) is 1.70. The maximum atomic E-state index is 13.7. The first-order valence-corrected chi connectivity index (χ1v) is 18.4. The fourth-order valence-corrected chi connectivity index (χ4v) is 7.48. The normalized spacial score (nSPS) is 26.3. The van der Waals surface area contributed by atoms with Gasteiger partial charge >= 0.3 is 37.4 Å². The largest absolute Gasteiger partial charge is 0.474 e. The minimum Gasteiger partial charge on any atom is -0.463 e. The van der Waals surface area contributed by atoms with Crippen molar-refractivity contribution < 1.29 is 65.7 Å². The Morgan fingerprint density at radius 2 is 1.62 bits per heavy atom. The molecule has 0 aromatic carbocycles. The number of phosphoric ester groups is 1. The van der Waals surface area contributed by atoms with Crippen LogP contribution in [0.4, 0.5) is 0 Å². The molecule has 1 N–H and O–H groups in total. The number of hydrogen-bond donors (Lipinski definition) is 1. The molecule has 1 unspecified atom stereocenters. The van der Waals surface area contributed by atoms with Crippen LogP contribution < -0.4 is 11.2 Å². The van der Waals surface area contributed by atoms with E-state index in [1.165, 1.54) is 13.1 Å². The molecule has 2 aliphatic rings. The van der Waals surface area contributed by atoms with Crippen molar-refractivity contribution in [3.8, 4) is 6.07 Å². The number of nitrogens with one attached hydrogen (secondary N) is 1. The van der Waals surface area contributed by atoms with Crippen LogP contribution in [0.15, 0.2) is 20.9 Å². The number of aromatic amines is 1. The molecule has 9 atom stereocenters. The summed E-state index contributed by atoms with van der Waals surface area (Å²) in [6.07, 6.45) is -6.23. The number of aryl methyl sites for hydroxylation is 1. The molecule has 2 saturated heterocycles. The summed E-state index contributed by atoms with van der Waals surface area (Å²) < 4.78 is 64.3. The molecule has 0 radical (unpaired) electrons. The van der Waals surface area contributed by atoms with Crippen molar-refractivity contribution in [3.05, 3.63) is 43.0 Å². The summed E-state index contributed by atoms with van der Waals surface area (Å²) >= 11 is 0.939. The van der Waals surface area contributed by atoms with E-state index in [1.807, 2.05) is 6.07 Å². The first-order chi connectivity index (χ1) is 25.1. The van der Waals surface area contributed by atoms with Gasteiger partial charge in [0.2, 0.25) is 0 Å². The number of rotatable bonds is 18. The number of hydrogen-bond acceptors (Lipinski definition) is 19. The highest BCUT2D eigenvalue weighted by molar-refractivity contribution is 7.99. The molecule has 1 aromatic heterocycles. The van der Waals surface area contributed by atoms with Crippen molar-refractivity contribution in [1.82, 2.24) is 9.55 Å². The quantitative estimate of drug-likeness (QED) is 0.0421. The molecule has 0 spiro atoms. The summed E-state index contributed by atoms with van der Waals surface area (Å²) in [6.45, 7) is 4.21. The molecule has 0 saturated carbocycles. The number of H-pyrrole nitrogens is 1. The van der Waals surface area contributed by atoms with Crippen molar-refractivity contribution in [1.29, 1.82) is 5.26 Å². The minimum absolute atomic E-state index is 0.00342. The van der Waals surface area contributed by atoms with Crippen LogP contribution in [0.5, 0.6) is 0 Å². The van der Waals surface area contributed by atoms with Gasteiger partial charge in [0, 0.05) is 56.5 Å². The Hall–Kier alpha value is -4.26. The zero-order valence-corrected chi connectivity index (χ0v) is 31.0. The molecule has 0 amide bonds. The topological polar surface area (TPSA) is 296 Å². The highest BCUT2D eigenvalue weighted by Gasteiger charge is 2.52. The Balaban J connectivity index is 1.76. The number of azide groups is 1. The van der Waals surface area contributed by atoms with Crippen molar-refractivity contribution in [2.24, 2.45) is 5.11 Å². The lowest BCUT2D eigenvalue weighted by atomic mass is 9.99. The van der Waals surface area contributed by atoms with Crippen molar-refractivity contribution in [2.75, 3.05) is 32.2 Å². The van der Waals surface area contributed by atoms with Crippen LogP contribution in [0.25, 0.3) is 10.4 Å². The Morgan fingerprint density at radius 3 is 2.25 bits per heavy atom. The van der Waals surface area contributed by atoms with E-state index < -0.39 is 104 Å². The molecule has 2 aliphatic heterocycles. The second-order valence-corrected chi connectivity index (χ2v) is 14.2. The molecule has 22 nitrogen and oxygen atoms in total. The monoisotopic (exact) mass is 790 g/mol. The van der Waals surface area contributed by atoms with E-state index in [1.54, 1.807) is 0 Å². The number of nitriles is 1. The van der Waals surface area contributed by atoms with Crippen LogP contribution in [0.2, 0.25) is 0 Å². The van der Waals surface area contributed by atoms with Crippen LogP contribution in [0, 0.1) is 18.3 Å². The Labute approximate surface area is 305 Å². The third-order valence-corrected chi connectivity index (χ3v) is 9.86. The molecule has 2 fully saturated rings. The van der Waals surface area contributed by atoms with E-state index in [4.69, 9.17) is 52.8 Å². The van der Waals surface area contributed by atoms with Gasteiger partial charge in [-0.05, 0) is 12.5 Å². The van der Waals surface area contributed by atoms with Crippen molar-refractivity contribution in [3.63, 3.8) is 0 Å². The standard InChI is InChI=1S/C29H39N6O16PS/c1-15-12-35(29(41)32-27(15)40)23-11-20(33-34-31)21(50-23)14-46-52(42,44-8-6-7-30)45-9-10-53-28-26(49-19(5)39)25(48-18(4)38)24(47-17(3)37)22(51-28)13-43-16(2)36/h12,20-26,28H,6,8-11,13-14H2,1-5H3,(H,32,40,41)/t20-,21-,22-,23-,24-,25+,26-,28+,52?/m1/s1. The van der Waals surface area contributed by atoms with Crippen LogP contribution >= 0.6 is 19.6 Å². The number of nitrogens with zero attached hydrogens (tertiary/aromatic N) is 5. The van der Waals surface area contributed by atoms with Crippen LogP contribution in [0.3, 0.4) is 0 Å². The third-order valence-electron chi connectivity index (χ3n) is 7.28. The first kappa shape index (κ1) is 43.1. The van der Waals surface area contributed by atoms with E-state index in [2.05, 4.69) is 15.0 Å². The minimum atomic E-state index is -4.47. The van der Waals surface area contributed by atoms with Gasteiger partial charge < -0.3 is 28.4 Å². The SMILES string of the molecule is CC(=O)OC[C@H]1O[C@@H](SCCOP(=O)(OCCC#N)OC[C@H]2O[C@@H](n3cc(C)c(=O)[nH]c3=O)C[C@H]2N=[N+]=[N-])[C@H](OC(C)=O)[C@@H](OC(C)=O)[C@@H]1OC(C)=O. The van der Waals surface area contributed by atoms with Gasteiger partial charge in [-0.1, -0.05) is 5.11 Å². The summed E-state index contributed by atoms with van der Waals surface area (Å²) in [5.74, 6) is -3.14. The smallest absolute Gasteiger partial charge is 0.463 e. The first-order valence-electron chi connectivity index (χ1n) is 15.9. The number of ether oxygens (including phenoxy) is 6. The van der Waals surface area contributed by atoms with Gasteiger partial charge in [0.05, 0.1) is 44.5 Å².